The number of nitrogens with one attached hydrogen (secondary N) is 1. The van der Waals surface area contributed by atoms with E-state index in [2.05, 4.69) is 32.2 Å². The predicted molar refractivity (Wildman–Crippen MR) is 125 cm³/mol. The first-order valence-corrected chi connectivity index (χ1v) is 12.1. The molecule has 29 heavy (non-hydrogen) atoms. The number of fused-ring (bicyclic) bond motifs is 2. The van der Waals surface area contributed by atoms with Crippen molar-refractivity contribution in [3.05, 3.63) is 58.6 Å². The molecular formula is C21H25BrN4O2S. The molecule has 2 aromatic carbocycles. The van der Waals surface area contributed by atoms with Crippen LogP contribution in [-0.4, -0.2) is 39.5 Å². The summed E-state index contributed by atoms with van der Waals surface area (Å²) < 4.78 is 22.3. The Morgan fingerprint density at radius 2 is 2.00 bits per heavy atom. The lowest BCUT2D eigenvalue weighted by Crippen LogP contribution is -2.26. The van der Waals surface area contributed by atoms with Crippen LogP contribution >= 0.6 is 26.5 Å². The number of aromatic nitrogens is 1. The minimum atomic E-state index is -2.80. The Morgan fingerprint density at radius 3 is 2.83 bits per heavy atom. The van der Waals surface area contributed by atoms with Gasteiger partial charge in [0, 0.05) is 41.2 Å². The van der Waals surface area contributed by atoms with Crippen LogP contribution in [0.2, 0.25) is 0 Å². The van der Waals surface area contributed by atoms with Crippen molar-refractivity contribution < 1.29 is 9.11 Å². The number of hydrogen-bond donors (Lipinski definition) is 4. The fourth-order valence-electron chi connectivity index (χ4n) is 3.60. The second kappa shape index (κ2) is 8.49. The summed E-state index contributed by atoms with van der Waals surface area (Å²) in [4.78, 5) is 7.65. The predicted octanol–water partition coefficient (Wildman–Crippen LogP) is 4.89. The summed E-state index contributed by atoms with van der Waals surface area (Å²) in [7, 11) is -2.80. The molecule has 0 bridgehead atoms. The van der Waals surface area contributed by atoms with Gasteiger partial charge in [-0.25, -0.2) is 4.98 Å². The molecule has 5 N–H and O–H groups in total. The van der Waals surface area contributed by atoms with E-state index in [1.165, 1.54) is 0 Å². The molecule has 1 aliphatic rings. The molecule has 0 saturated heterocycles. The second-order valence-electron chi connectivity index (χ2n) is 7.16. The average molecular weight is 477 g/mol. The molecule has 0 aliphatic carbocycles. The van der Waals surface area contributed by atoms with Crippen molar-refractivity contribution in [3.8, 4) is 0 Å². The maximum absolute atomic E-state index is 10.6. The van der Waals surface area contributed by atoms with E-state index in [0.717, 1.165) is 45.4 Å². The van der Waals surface area contributed by atoms with E-state index >= 15 is 0 Å². The monoisotopic (exact) mass is 476 g/mol. The Bertz CT molecular complexity index is 1030. The lowest BCUT2D eigenvalue weighted by molar-refractivity contribution is 0.488. The molecule has 8 heteroatoms. The third-order valence-electron chi connectivity index (χ3n) is 5.11. The summed E-state index contributed by atoms with van der Waals surface area (Å²) in [5.74, 6) is 1.11. The minimum absolute atomic E-state index is 0.292. The van der Waals surface area contributed by atoms with Gasteiger partial charge in [0.15, 0.2) is 0 Å². The van der Waals surface area contributed by atoms with Crippen LogP contribution < -0.4 is 16.0 Å². The van der Waals surface area contributed by atoms with Gasteiger partial charge in [-0.1, -0.05) is 34.1 Å². The topological polar surface area (TPSA) is 94.6 Å². The third kappa shape index (κ3) is 4.36. The van der Waals surface area contributed by atoms with Crippen LogP contribution in [0.25, 0.3) is 10.9 Å². The number of rotatable bonds is 5. The van der Waals surface area contributed by atoms with Gasteiger partial charge in [-0.3, -0.25) is 9.11 Å². The van der Waals surface area contributed by atoms with Crippen LogP contribution in [-0.2, 0) is 6.54 Å². The largest absolute Gasteiger partial charge is 0.384 e. The number of benzene rings is 2. The lowest BCUT2D eigenvalue weighted by atomic mass is 10.1. The van der Waals surface area contributed by atoms with Crippen LogP contribution in [0.1, 0.15) is 12.0 Å². The molecule has 4 rings (SSSR count). The Labute approximate surface area is 180 Å². The zero-order valence-electron chi connectivity index (χ0n) is 16.0. The normalized spacial score (nSPS) is 16.9. The third-order valence-corrected chi connectivity index (χ3v) is 7.46. The highest BCUT2D eigenvalue weighted by Gasteiger charge is 2.26. The van der Waals surface area contributed by atoms with Crippen molar-refractivity contribution in [3.63, 3.8) is 0 Å². The molecule has 6 nitrogen and oxygen atoms in total. The molecule has 0 amide bonds. The Morgan fingerprint density at radius 1 is 1.17 bits per heavy atom. The van der Waals surface area contributed by atoms with Crippen LogP contribution in [0.15, 0.2) is 57.9 Å². The van der Waals surface area contributed by atoms with Crippen LogP contribution in [0.4, 0.5) is 11.5 Å². The summed E-state index contributed by atoms with van der Waals surface area (Å²) in [6.45, 7) is 2.52. The molecule has 0 atom stereocenters. The summed E-state index contributed by atoms with van der Waals surface area (Å²) in [6.07, 6.45) is 0.880. The number of hydrogen-bond acceptors (Lipinski definition) is 6. The van der Waals surface area contributed by atoms with E-state index in [4.69, 9.17) is 10.7 Å². The molecular weight excluding hydrogens is 452 g/mol. The first-order valence-electron chi connectivity index (χ1n) is 9.61. The first-order chi connectivity index (χ1) is 14.0. The highest BCUT2D eigenvalue weighted by molar-refractivity contribution is 9.10. The summed E-state index contributed by atoms with van der Waals surface area (Å²) in [5.41, 5.74) is 8.48. The maximum atomic E-state index is 10.6. The van der Waals surface area contributed by atoms with Crippen molar-refractivity contribution in [2.75, 3.05) is 35.6 Å². The van der Waals surface area contributed by atoms with Gasteiger partial charge in [-0.2, -0.15) is 10.6 Å². The van der Waals surface area contributed by atoms with Gasteiger partial charge < -0.3 is 16.0 Å². The van der Waals surface area contributed by atoms with E-state index < -0.39 is 10.6 Å². The molecule has 0 radical (unpaired) electrons. The van der Waals surface area contributed by atoms with Gasteiger partial charge in [-0.05, 0) is 42.8 Å². The molecule has 0 saturated carbocycles. The van der Waals surface area contributed by atoms with E-state index in [-0.39, 0.29) is 0 Å². The van der Waals surface area contributed by atoms with Crippen molar-refractivity contribution in [2.45, 2.75) is 17.9 Å². The fourth-order valence-corrected chi connectivity index (χ4v) is 5.50. The molecule has 2 heterocycles. The molecule has 1 aromatic heterocycles. The number of nitrogens with two attached hydrogens (primary N) is 1. The van der Waals surface area contributed by atoms with Gasteiger partial charge in [-0.15, -0.1) is 0 Å². The zero-order chi connectivity index (χ0) is 20.4. The van der Waals surface area contributed by atoms with Crippen LogP contribution in [0, 0.1) is 0 Å². The quantitative estimate of drug-likeness (QED) is 0.391. The van der Waals surface area contributed by atoms with E-state index in [0.29, 0.717) is 30.3 Å². The lowest BCUT2D eigenvalue weighted by Gasteiger charge is -2.32. The molecule has 1 aliphatic heterocycles. The number of pyridine rings is 1. The van der Waals surface area contributed by atoms with Gasteiger partial charge in [0.1, 0.15) is 5.82 Å². The molecule has 3 aromatic rings. The Balaban J connectivity index is 1.74. The molecule has 0 fully saturated rings. The minimum Gasteiger partial charge on any atom is -0.384 e. The summed E-state index contributed by atoms with van der Waals surface area (Å²) in [6, 6.07) is 15.7. The summed E-state index contributed by atoms with van der Waals surface area (Å²) >= 11 is 3.55. The second-order valence-corrected chi connectivity index (χ2v) is 10.3. The standard InChI is InChI=1S/C21H25BrN4O2S/c22-16-6-7-18-17(12-16)19(24-9-3-8-23)13-21(25-18)26-10-11-29(27,28)20-5-2-1-4-15(20)14-26/h1-2,4-7,12-13,27-28H,3,8-11,14,23H2,(H,24,25). The molecule has 154 valence electrons. The van der Waals surface area contributed by atoms with Crippen molar-refractivity contribution in [2.24, 2.45) is 5.73 Å². The SMILES string of the molecule is NCCCNc1cc(N2CCS(O)(O)c3ccccc3C2)nc2ccc(Br)cc12. The van der Waals surface area contributed by atoms with Crippen LogP contribution in [0.5, 0.6) is 0 Å². The number of nitrogens with zero attached hydrogens (tertiary/aromatic N) is 2. The smallest absolute Gasteiger partial charge is 0.131 e. The number of anilines is 2. The van der Waals surface area contributed by atoms with Gasteiger partial charge in [0.25, 0.3) is 0 Å². The van der Waals surface area contributed by atoms with Crippen LogP contribution in [0.3, 0.4) is 0 Å². The van der Waals surface area contributed by atoms with Gasteiger partial charge in [0.05, 0.1) is 16.2 Å². The molecule has 0 unspecified atom stereocenters. The van der Waals surface area contributed by atoms with E-state index in [9.17, 15) is 9.11 Å². The zero-order valence-corrected chi connectivity index (χ0v) is 18.4. The maximum Gasteiger partial charge on any atom is 0.131 e. The van der Waals surface area contributed by atoms with Crippen molar-refractivity contribution in [1.82, 2.24) is 4.98 Å². The van der Waals surface area contributed by atoms with Gasteiger partial charge in [0.2, 0.25) is 0 Å². The van der Waals surface area contributed by atoms with Crippen molar-refractivity contribution >= 4 is 48.9 Å². The van der Waals surface area contributed by atoms with E-state index in [1.54, 1.807) is 0 Å². The molecule has 0 spiro atoms. The summed E-state index contributed by atoms with van der Waals surface area (Å²) in [5, 5.41) is 4.53. The van der Waals surface area contributed by atoms with Crippen molar-refractivity contribution in [1.29, 1.82) is 0 Å². The fraction of sp³-hybridized carbons (Fsp3) is 0.286. The highest BCUT2D eigenvalue weighted by Crippen LogP contribution is 2.51. The van der Waals surface area contributed by atoms with E-state index in [1.807, 2.05) is 42.5 Å². The number of halogens is 1. The first kappa shape index (κ1) is 20.4. The Hall–Kier alpha value is -1.84. The average Bonchev–Trinajstić information content (AvgIpc) is 2.84. The Kier molecular flexibility index (Phi) is 5.98. The van der Waals surface area contributed by atoms with Gasteiger partial charge >= 0.3 is 0 Å². The highest BCUT2D eigenvalue weighted by atomic mass is 79.9.